The van der Waals surface area contributed by atoms with Gasteiger partial charge in [-0.2, -0.15) is 9.29 Å². The molecule has 0 spiro atoms. The molecule has 1 saturated carbocycles. The van der Waals surface area contributed by atoms with Crippen molar-refractivity contribution >= 4 is 10.0 Å². The molecule has 2 aromatic rings. The second kappa shape index (κ2) is 8.35. The van der Waals surface area contributed by atoms with E-state index in [4.69, 9.17) is 4.52 Å². The van der Waals surface area contributed by atoms with Crippen LogP contribution in [0.1, 0.15) is 63.6 Å². The van der Waals surface area contributed by atoms with Gasteiger partial charge in [0.1, 0.15) is 0 Å². The van der Waals surface area contributed by atoms with Crippen molar-refractivity contribution in [3.63, 3.8) is 0 Å². The van der Waals surface area contributed by atoms with Crippen molar-refractivity contribution in [1.29, 1.82) is 0 Å². The topological polar surface area (TPSA) is 98.3 Å². The number of nitrogens with zero attached hydrogens (tertiary/aromatic N) is 4. The summed E-state index contributed by atoms with van der Waals surface area (Å²) in [6.07, 6.45) is 6.99. The number of sulfonamides is 1. The zero-order valence-corrected chi connectivity index (χ0v) is 16.6. The summed E-state index contributed by atoms with van der Waals surface area (Å²) < 4.78 is 33.4. The van der Waals surface area contributed by atoms with Crippen molar-refractivity contribution in [3.8, 4) is 0 Å². The Morgan fingerprint density at radius 1 is 1.19 bits per heavy atom. The van der Waals surface area contributed by atoms with Gasteiger partial charge in [0, 0.05) is 31.3 Å². The van der Waals surface area contributed by atoms with E-state index in [-0.39, 0.29) is 22.9 Å². The van der Waals surface area contributed by atoms with Gasteiger partial charge in [-0.3, -0.25) is 4.79 Å². The summed E-state index contributed by atoms with van der Waals surface area (Å²) in [7, 11) is -3.64. The van der Waals surface area contributed by atoms with Gasteiger partial charge >= 0.3 is 0 Å². The molecule has 1 aliphatic carbocycles. The third-order valence-electron chi connectivity index (χ3n) is 5.05. The first-order valence-electron chi connectivity index (χ1n) is 9.48. The fraction of sp³-hybridized carbons (Fsp3) is 0.611. The first kappa shape index (κ1) is 19.8. The summed E-state index contributed by atoms with van der Waals surface area (Å²) in [6.45, 7) is 4.38. The molecule has 0 unspecified atom stereocenters. The third-order valence-corrected chi connectivity index (χ3v) is 7.08. The molecule has 0 bridgehead atoms. The van der Waals surface area contributed by atoms with Crippen molar-refractivity contribution in [2.75, 3.05) is 13.1 Å². The lowest BCUT2D eigenvalue weighted by atomic mass is 9.89. The summed E-state index contributed by atoms with van der Waals surface area (Å²) in [5.74, 6) is 1.28. The van der Waals surface area contributed by atoms with Crippen LogP contribution in [0.15, 0.2) is 32.5 Å². The number of rotatable bonds is 7. The molecule has 0 N–H and O–H groups in total. The zero-order valence-electron chi connectivity index (χ0n) is 15.8. The van der Waals surface area contributed by atoms with Gasteiger partial charge in [0.25, 0.3) is 5.56 Å². The lowest BCUT2D eigenvalue weighted by molar-refractivity contribution is 0.312. The number of hydrogen-bond donors (Lipinski definition) is 0. The Bertz CT molecular complexity index is 925. The van der Waals surface area contributed by atoms with Gasteiger partial charge in [0.15, 0.2) is 5.82 Å². The van der Waals surface area contributed by atoms with Gasteiger partial charge in [-0.15, -0.1) is 0 Å². The zero-order chi connectivity index (χ0) is 19.4. The van der Waals surface area contributed by atoms with Crippen LogP contribution in [0.2, 0.25) is 0 Å². The standard InChI is InChI=1S/C18H26N4O4S/c1-3-22(4-2)27(24,25)15-10-11-17(23)21(12-15)13-16-19-18(26-20-16)14-8-6-5-7-9-14/h10-12,14H,3-9,13H2,1-2H3. The van der Waals surface area contributed by atoms with Crippen molar-refractivity contribution in [1.82, 2.24) is 19.0 Å². The van der Waals surface area contributed by atoms with Gasteiger partial charge in [-0.05, 0) is 18.9 Å². The van der Waals surface area contributed by atoms with E-state index in [2.05, 4.69) is 10.1 Å². The van der Waals surface area contributed by atoms with Crippen LogP contribution in [0.25, 0.3) is 0 Å². The molecular weight excluding hydrogens is 368 g/mol. The normalized spacial score (nSPS) is 16.1. The Labute approximate surface area is 159 Å². The maximum absolute atomic E-state index is 12.7. The fourth-order valence-corrected chi connectivity index (χ4v) is 4.98. The molecule has 2 heterocycles. The van der Waals surface area contributed by atoms with Crippen LogP contribution in [0.5, 0.6) is 0 Å². The Morgan fingerprint density at radius 3 is 2.56 bits per heavy atom. The van der Waals surface area contributed by atoms with Crippen LogP contribution < -0.4 is 5.56 Å². The quantitative estimate of drug-likeness (QED) is 0.715. The Kier molecular flexibility index (Phi) is 6.11. The summed E-state index contributed by atoms with van der Waals surface area (Å²) in [5, 5.41) is 3.98. The molecule has 0 aromatic carbocycles. The van der Waals surface area contributed by atoms with Gasteiger partial charge in [0.05, 0.1) is 11.4 Å². The van der Waals surface area contributed by atoms with E-state index < -0.39 is 10.0 Å². The van der Waals surface area contributed by atoms with E-state index in [1.165, 1.54) is 33.6 Å². The lowest BCUT2D eigenvalue weighted by Gasteiger charge is -2.18. The fourth-order valence-electron chi connectivity index (χ4n) is 3.50. The van der Waals surface area contributed by atoms with E-state index in [1.54, 1.807) is 13.8 Å². The Balaban J connectivity index is 1.83. The molecule has 0 radical (unpaired) electrons. The monoisotopic (exact) mass is 394 g/mol. The van der Waals surface area contributed by atoms with Crippen LogP contribution in [0.4, 0.5) is 0 Å². The van der Waals surface area contributed by atoms with Gasteiger partial charge < -0.3 is 9.09 Å². The van der Waals surface area contributed by atoms with Gasteiger partial charge in [0.2, 0.25) is 15.9 Å². The first-order valence-corrected chi connectivity index (χ1v) is 10.9. The highest BCUT2D eigenvalue weighted by Crippen LogP contribution is 2.31. The molecule has 1 fully saturated rings. The van der Waals surface area contributed by atoms with Crippen molar-refractivity contribution in [2.24, 2.45) is 0 Å². The second-order valence-corrected chi connectivity index (χ2v) is 8.74. The SMILES string of the molecule is CCN(CC)S(=O)(=O)c1ccc(=O)n(Cc2noc(C3CCCCC3)n2)c1. The second-order valence-electron chi connectivity index (χ2n) is 6.80. The Morgan fingerprint density at radius 2 is 1.89 bits per heavy atom. The third kappa shape index (κ3) is 4.30. The Hall–Kier alpha value is -2.00. The maximum atomic E-state index is 12.7. The van der Waals surface area contributed by atoms with Gasteiger partial charge in [-0.1, -0.05) is 38.3 Å². The van der Waals surface area contributed by atoms with Crippen molar-refractivity contribution in [2.45, 2.75) is 63.3 Å². The summed E-state index contributed by atoms with van der Waals surface area (Å²) in [5.41, 5.74) is -0.308. The first-order chi connectivity index (χ1) is 13.0. The molecule has 2 aromatic heterocycles. The average molecular weight is 394 g/mol. The minimum absolute atomic E-state index is 0.0800. The predicted octanol–water partition coefficient (Wildman–Crippen LogP) is 2.36. The summed E-state index contributed by atoms with van der Waals surface area (Å²) >= 11 is 0. The number of aromatic nitrogens is 3. The van der Waals surface area contributed by atoms with Crippen LogP contribution in [-0.4, -0.2) is 40.5 Å². The van der Waals surface area contributed by atoms with Crippen LogP contribution >= 0.6 is 0 Å². The van der Waals surface area contributed by atoms with Crippen molar-refractivity contribution in [3.05, 3.63) is 40.4 Å². The lowest BCUT2D eigenvalue weighted by Crippen LogP contribution is -2.32. The van der Waals surface area contributed by atoms with Crippen molar-refractivity contribution < 1.29 is 12.9 Å². The molecule has 9 heteroatoms. The molecule has 8 nitrogen and oxygen atoms in total. The molecule has 0 saturated heterocycles. The van der Waals surface area contributed by atoms with E-state index in [9.17, 15) is 13.2 Å². The summed E-state index contributed by atoms with van der Waals surface area (Å²) in [6, 6.07) is 2.61. The van der Waals surface area contributed by atoms with E-state index in [1.807, 2.05) is 0 Å². The predicted molar refractivity (Wildman–Crippen MR) is 100 cm³/mol. The minimum Gasteiger partial charge on any atom is -0.339 e. The van der Waals surface area contributed by atoms with E-state index in [0.717, 1.165) is 25.7 Å². The number of hydrogen-bond acceptors (Lipinski definition) is 6. The summed E-state index contributed by atoms with van der Waals surface area (Å²) in [4.78, 5) is 16.7. The maximum Gasteiger partial charge on any atom is 0.251 e. The smallest absolute Gasteiger partial charge is 0.251 e. The van der Waals surface area contributed by atoms with E-state index in [0.29, 0.717) is 24.8 Å². The number of pyridine rings is 1. The molecule has 0 aliphatic heterocycles. The molecule has 0 amide bonds. The molecule has 3 rings (SSSR count). The molecule has 27 heavy (non-hydrogen) atoms. The minimum atomic E-state index is -3.64. The molecule has 1 aliphatic rings. The van der Waals surface area contributed by atoms with Crippen LogP contribution in [-0.2, 0) is 16.6 Å². The highest BCUT2D eigenvalue weighted by Gasteiger charge is 2.24. The highest BCUT2D eigenvalue weighted by atomic mass is 32.2. The molecule has 0 atom stereocenters. The largest absolute Gasteiger partial charge is 0.339 e. The van der Waals surface area contributed by atoms with Crippen LogP contribution in [0.3, 0.4) is 0 Å². The van der Waals surface area contributed by atoms with E-state index >= 15 is 0 Å². The molecular formula is C18H26N4O4S. The van der Waals surface area contributed by atoms with Gasteiger partial charge in [-0.25, -0.2) is 8.42 Å². The van der Waals surface area contributed by atoms with Crippen LogP contribution in [0, 0.1) is 0 Å². The molecule has 148 valence electrons. The average Bonchev–Trinajstić information content (AvgIpc) is 3.13. The highest BCUT2D eigenvalue weighted by molar-refractivity contribution is 7.89.